The van der Waals surface area contributed by atoms with E-state index < -0.39 is 11.9 Å². The number of carboxylic acid groups (broad SMARTS) is 2. The lowest BCUT2D eigenvalue weighted by molar-refractivity contribution is -0.133. The highest BCUT2D eigenvalue weighted by Crippen LogP contribution is 2.45. The summed E-state index contributed by atoms with van der Waals surface area (Å²) in [7, 11) is 0. The highest BCUT2D eigenvalue weighted by molar-refractivity contribution is 6.06. The third-order valence-corrected chi connectivity index (χ3v) is 10.6. The first-order valence-electron chi connectivity index (χ1n) is 20.0. The maximum absolute atomic E-state index is 11.2. The molecule has 0 saturated carbocycles. The Morgan fingerprint density at radius 2 is 0.683 bits per heavy atom. The molecular weight excluding hydrogens is 779 g/mol. The quantitative estimate of drug-likeness (QED) is 0.0729. The van der Waals surface area contributed by atoms with Gasteiger partial charge in [0.1, 0.15) is 0 Å². The van der Waals surface area contributed by atoms with Crippen molar-refractivity contribution < 1.29 is 19.8 Å². The van der Waals surface area contributed by atoms with Gasteiger partial charge < -0.3 is 15.1 Å². The number of carboxylic acids is 2. The van der Waals surface area contributed by atoms with Crippen LogP contribution < -0.4 is 4.90 Å². The van der Waals surface area contributed by atoms with Crippen molar-refractivity contribution in [3.8, 4) is 11.1 Å². The highest BCUT2D eigenvalue weighted by Gasteiger charge is 2.22. The van der Waals surface area contributed by atoms with Crippen LogP contribution in [0.4, 0.5) is 17.1 Å². The van der Waals surface area contributed by atoms with E-state index in [1.165, 1.54) is 40.0 Å². The molecule has 0 amide bonds. The Morgan fingerprint density at radius 3 is 1.00 bits per heavy atom. The molecule has 0 spiro atoms. The van der Waals surface area contributed by atoms with Crippen molar-refractivity contribution in [3.63, 3.8) is 0 Å². The number of hydrogen-bond donors (Lipinski definition) is 2. The van der Waals surface area contributed by atoms with Crippen molar-refractivity contribution >= 4 is 77.1 Å². The van der Waals surface area contributed by atoms with Crippen molar-refractivity contribution in [1.82, 2.24) is 0 Å². The summed E-state index contributed by atoms with van der Waals surface area (Å²) in [4.78, 5) is 30.9. The van der Waals surface area contributed by atoms with Crippen molar-refractivity contribution in [2.45, 2.75) is 0 Å². The van der Waals surface area contributed by atoms with Crippen LogP contribution in [0, 0.1) is 13.1 Å². The van der Waals surface area contributed by atoms with Crippen molar-refractivity contribution in [1.29, 1.82) is 0 Å². The van der Waals surface area contributed by atoms with Crippen LogP contribution >= 0.6 is 0 Å². The smallest absolute Gasteiger partial charge is 0.333 e. The van der Waals surface area contributed by atoms with E-state index in [-0.39, 0.29) is 11.4 Å². The minimum absolute atomic E-state index is 0.332. The topological polar surface area (TPSA) is 86.6 Å². The monoisotopic (exact) mass is 815 g/mol. The molecule has 0 fully saturated rings. The van der Waals surface area contributed by atoms with Crippen LogP contribution in [0.2, 0.25) is 0 Å². The van der Waals surface area contributed by atoms with Crippen LogP contribution in [0.1, 0.15) is 50.1 Å². The Labute approximate surface area is 365 Å². The van der Waals surface area contributed by atoms with E-state index in [2.05, 4.69) is 142 Å². The molecule has 7 aromatic rings. The number of hydrogen-bond acceptors (Lipinski definition) is 3. The molecule has 0 atom stereocenters. The summed E-state index contributed by atoms with van der Waals surface area (Å²) in [5, 5.41) is 18.4. The molecule has 7 nitrogen and oxygen atoms in total. The minimum Gasteiger partial charge on any atom is -0.486 e. The van der Waals surface area contributed by atoms with Crippen LogP contribution in [0.5, 0.6) is 0 Å². The molecule has 0 heterocycles. The van der Waals surface area contributed by atoms with E-state index >= 15 is 0 Å². The number of fused-ring (bicyclic) bond motifs is 3. The summed E-state index contributed by atoms with van der Waals surface area (Å²) in [6, 6.07) is 57.1. The van der Waals surface area contributed by atoms with Crippen molar-refractivity contribution in [3.05, 3.63) is 254 Å². The second kappa shape index (κ2) is 18.5. The van der Waals surface area contributed by atoms with Crippen LogP contribution in [0.15, 0.2) is 181 Å². The third-order valence-electron chi connectivity index (χ3n) is 10.6. The van der Waals surface area contributed by atoms with Crippen LogP contribution in [-0.4, -0.2) is 22.2 Å². The van der Waals surface area contributed by atoms with Gasteiger partial charge in [-0.15, -0.1) is 0 Å². The summed E-state index contributed by atoms with van der Waals surface area (Å²) in [6.07, 6.45) is 13.0. The molecule has 0 bridgehead atoms. The zero-order valence-corrected chi connectivity index (χ0v) is 33.8. The number of aliphatic carboxylic acids is 2. The number of nitrogens with zero attached hydrogens (tertiary/aromatic N) is 3. The fourth-order valence-electron chi connectivity index (χ4n) is 7.40. The van der Waals surface area contributed by atoms with Crippen molar-refractivity contribution in [2.75, 3.05) is 4.90 Å². The van der Waals surface area contributed by atoms with Gasteiger partial charge in [-0.25, -0.2) is 9.69 Å². The van der Waals surface area contributed by atoms with E-state index in [0.717, 1.165) is 44.9 Å². The largest absolute Gasteiger partial charge is 0.486 e. The van der Waals surface area contributed by atoms with E-state index in [0.29, 0.717) is 11.1 Å². The minimum atomic E-state index is -1.25. The number of carbonyl (C=O) groups is 2. The molecule has 300 valence electrons. The van der Waals surface area contributed by atoms with Gasteiger partial charge in [-0.1, -0.05) is 158 Å². The van der Waals surface area contributed by atoms with Crippen LogP contribution in [0.25, 0.3) is 68.9 Å². The molecular formula is C56H37N3O4. The highest BCUT2D eigenvalue weighted by atomic mass is 16.4. The van der Waals surface area contributed by atoms with E-state index in [1.807, 2.05) is 48.6 Å². The fraction of sp³-hybridized carbons (Fsp3) is 0. The summed E-state index contributed by atoms with van der Waals surface area (Å²) < 4.78 is 0. The first kappa shape index (κ1) is 40.7. The first-order chi connectivity index (χ1) is 30.8. The van der Waals surface area contributed by atoms with Crippen LogP contribution in [-0.2, 0) is 9.59 Å². The molecule has 0 radical (unpaired) electrons. The average molecular weight is 816 g/mol. The zero-order chi connectivity index (χ0) is 43.7. The molecule has 0 aliphatic heterocycles. The Balaban J connectivity index is 1.06. The predicted octanol–water partition coefficient (Wildman–Crippen LogP) is 13.8. The van der Waals surface area contributed by atoms with E-state index in [9.17, 15) is 19.8 Å². The lowest BCUT2D eigenvalue weighted by atomic mass is 10.0. The van der Waals surface area contributed by atoms with Crippen molar-refractivity contribution in [2.24, 2.45) is 0 Å². The molecule has 0 aromatic heterocycles. The molecule has 7 heteroatoms. The van der Waals surface area contributed by atoms with Gasteiger partial charge in [0.25, 0.3) is 11.4 Å². The Hall–Kier alpha value is -9.04. The van der Waals surface area contributed by atoms with Gasteiger partial charge in [-0.05, 0) is 121 Å². The predicted molar refractivity (Wildman–Crippen MR) is 255 cm³/mol. The average Bonchev–Trinajstić information content (AvgIpc) is 3.63. The van der Waals surface area contributed by atoms with Gasteiger partial charge in [0.15, 0.2) is 0 Å². The number of benzene rings is 7. The molecule has 63 heavy (non-hydrogen) atoms. The Morgan fingerprint density at radius 1 is 0.397 bits per heavy atom. The molecule has 1 aliphatic rings. The molecule has 7 aromatic carbocycles. The van der Waals surface area contributed by atoms with Gasteiger partial charge in [0, 0.05) is 17.1 Å². The Bertz CT molecular complexity index is 2900. The van der Waals surface area contributed by atoms with Crippen LogP contribution in [0.3, 0.4) is 0 Å². The lowest BCUT2D eigenvalue weighted by Crippen LogP contribution is -2.09. The first-order valence-corrected chi connectivity index (χ1v) is 20.0. The second-order valence-corrected chi connectivity index (χ2v) is 14.7. The SMILES string of the molecule is [C-]#[N+]C(=Cc1ccc(C=Cc2ccc(N(c3ccc(C=Cc4ccc(C=C([N+]#[C-])C(=O)O)cc4)cc3)c3ccc(C=C4c5ccccc5-c5ccccc54)cc3)cc2)cc1)C(=O)O. The molecule has 1 aliphatic carbocycles. The lowest BCUT2D eigenvalue weighted by Gasteiger charge is -2.26. The standard InChI is InChI=1S/C56H37N3O4/c1-57-53(55(60)61)36-43-19-15-38(16-20-43)11-13-40-23-29-45(30-24-40)59(46-31-25-41(26-32-46)14-12-39-17-21-44(22-18-39)37-54(58-2)56(62)63)47-33-27-42(28-34-47)35-52-50-9-5-3-7-48(50)49-8-4-6-10-51(49)52/h3-37H,(H,60,61)(H,62,63). The van der Waals surface area contributed by atoms with Gasteiger partial charge >= 0.3 is 11.9 Å². The Kier molecular flexibility index (Phi) is 11.9. The van der Waals surface area contributed by atoms with E-state index in [4.69, 9.17) is 13.1 Å². The van der Waals surface area contributed by atoms with E-state index in [1.54, 1.807) is 24.3 Å². The maximum Gasteiger partial charge on any atom is 0.333 e. The van der Waals surface area contributed by atoms with Gasteiger partial charge in [0.05, 0.1) is 13.1 Å². The third kappa shape index (κ3) is 9.40. The molecule has 0 saturated heterocycles. The fourth-order valence-corrected chi connectivity index (χ4v) is 7.40. The zero-order valence-electron chi connectivity index (χ0n) is 33.8. The molecule has 8 rings (SSSR count). The molecule has 0 unspecified atom stereocenters. The van der Waals surface area contributed by atoms with Gasteiger partial charge in [0.2, 0.25) is 0 Å². The van der Waals surface area contributed by atoms with Gasteiger partial charge in [-0.3, -0.25) is 9.59 Å². The summed E-state index contributed by atoms with van der Waals surface area (Å²) >= 11 is 0. The summed E-state index contributed by atoms with van der Waals surface area (Å²) in [6.45, 7) is 14.2. The summed E-state index contributed by atoms with van der Waals surface area (Å²) in [5.74, 6) is -2.50. The second-order valence-electron chi connectivity index (χ2n) is 14.7. The maximum atomic E-state index is 11.2. The molecule has 2 N–H and O–H groups in total. The van der Waals surface area contributed by atoms with Gasteiger partial charge in [-0.2, -0.15) is 0 Å². The number of anilines is 3. The number of rotatable bonds is 12. The normalized spacial score (nSPS) is 12.1. The summed E-state index contributed by atoms with van der Waals surface area (Å²) in [5.41, 5.74) is 14.7.